The first-order chi connectivity index (χ1) is 6.83. The lowest BCUT2D eigenvalue weighted by atomic mass is 10.3. The zero-order valence-electron chi connectivity index (χ0n) is 8.32. The number of hydrogen-bond donors (Lipinski definition) is 1. The van der Waals surface area contributed by atoms with Crippen LogP contribution in [0.1, 0.15) is 13.3 Å². The summed E-state index contributed by atoms with van der Waals surface area (Å²) < 4.78 is 5.06. The maximum atomic E-state index is 11.2. The largest absolute Gasteiger partial charge is 0.426 e. The summed E-state index contributed by atoms with van der Waals surface area (Å²) in [5.74, 6) is 0.348. The molecule has 0 bridgehead atoms. The maximum Gasteiger partial charge on any atom is 0.325 e. The molecule has 1 aromatic carbocycles. The first-order valence-corrected chi connectivity index (χ1v) is 4.79. The highest BCUT2D eigenvalue weighted by atomic mass is 16.5. The van der Waals surface area contributed by atoms with Crippen LogP contribution in [0.5, 0.6) is 5.75 Å². The van der Waals surface area contributed by atoms with Crippen molar-refractivity contribution >= 4 is 5.97 Å². The standard InChI is InChI=1S/C11H15NO2/c1-2-8-12-9-11(13)14-10-6-4-3-5-7-10/h3-7,12H,2,8-9H2,1H3. The Morgan fingerprint density at radius 2 is 2.07 bits per heavy atom. The summed E-state index contributed by atoms with van der Waals surface area (Å²) in [4.78, 5) is 11.2. The maximum absolute atomic E-state index is 11.2. The number of hydrogen-bond acceptors (Lipinski definition) is 3. The number of benzene rings is 1. The third kappa shape index (κ3) is 4.05. The number of ether oxygens (including phenoxy) is 1. The van der Waals surface area contributed by atoms with Crippen LogP contribution in [0.15, 0.2) is 30.3 Å². The van der Waals surface area contributed by atoms with Gasteiger partial charge in [-0.3, -0.25) is 4.79 Å². The van der Waals surface area contributed by atoms with Gasteiger partial charge in [0.2, 0.25) is 0 Å². The Morgan fingerprint density at radius 3 is 2.71 bits per heavy atom. The SMILES string of the molecule is CCCNCC(=O)Oc1ccccc1. The fraction of sp³-hybridized carbons (Fsp3) is 0.364. The molecule has 0 spiro atoms. The molecule has 0 amide bonds. The Labute approximate surface area is 84.1 Å². The number of esters is 1. The normalized spacial score (nSPS) is 9.79. The van der Waals surface area contributed by atoms with Gasteiger partial charge in [0, 0.05) is 0 Å². The molecule has 0 fully saturated rings. The molecule has 1 rings (SSSR count). The molecule has 0 aliphatic carbocycles. The van der Waals surface area contributed by atoms with Gasteiger partial charge in [-0.2, -0.15) is 0 Å². The van der Waals surface area contributed by atoms with E-state index < -0.39 is 0 Å². The Bertz CT molecular complexity index is 272. The third-order valence-electron chi connectivity index (χ3n) is 1.67. The summed E-state index contributed by atoms with van der Waals surface area (Å²) in [6.07, 6.45) is 1.01. The lowest BCUT2D eigenvalue weighted by Crippen LogP contribution is -2.27. The van der Waals surface area contributed by atoms with Crippen molar-refractivity contribution in [3.63, 3.8) is 0 Å². The van der Waals surface area contributed by atoms with Gasteiger partial charge in [-0.05, 0) is 25.1 Å². The van der Waals surface area contributed by atoms with E-state index in [1.165, 1.54) is 0 Å². The molecule has 76 valence electrons. The van der Waals surface area contributed by atoms with E-state index >= 15 is 0 Å². The van der Waals surface area contributed by atoms with E-state index in [9.17, 15) is 4.79 Å². The lowest BCUT2D eigenvalue weighted by molar-refractivity contribution is -0.133. The molecule has 0 saturated carbocycles. The van der Waals surface area contributed by atoms with Crippen molar-refractivity contribution in [3.8, 4) is 5.75 Å². The van der Waals surface area contributed by atoms with E-state index in [0.717, 1.165) is 13.0 Å². The molecule has 1 N–H and O–H groups in total. The van der Waals surface area contributed by atoms with Gasteiger partial charge in [-0.1, -0.05) is 25.1 Å². The highest BCUT2D eigenvalue weighted by Crippen LogP contribution is 2.07. The number of carbonyl (C=O) groups excluding carboxylic acids is 1. The highest BCUT2D eigenvalue weighted by molar-refractivity contribution is 5.74. The van der Waals surface area contributed by atoms with Crippen molar-refractivity contribution in [1.82, 2.24) is 5.32 Å². The number of rotatable bonds is 5. The summed E-state index contributed by atoms with van der Waals surface area (Å²) in [6.45, 7) is 3.15. The molecule has 1 aromatic rings. The molecule has 0 radical (unpaired) electrons. The third-order valence-corrected chi connectivity index (χ3v) is 1.67. The molecule has 14 heavy (non-hydrogen) atoms. The van der Waals surface area contributed by atoms with Crippen LogP contribution in [-0.4, -0.2) is 19.1 Å². The topological polar surface area (TPSA) is 38.3 Å². The van der Waals surface area contributed by atoms with Gasteiger partial charge >= 0.3 is 5.97 Å². The predicted molar refractivity (Wildman–Crippen MR) is 55.2 cm³/mol. The number of nitrogens with one attached hydrogen (secondary N) is 1. The Balaban J connectivity index is 2.27. The predicted octanol–water partition coefficient (Wildman–Crippen LogP) is 1.59. The molecule has 3 nitrogen and oxygen atoms in total. The van der Waals surface area contributed by atoms with Gasteiger partial charge in [0.05, 0.1) is 6.54 Å². The van der Waals surface area contributed by atoms with Crippen LogP contribution in [0, 0.1) is 0 Å². The molecular weight excluding hydrogens is 178 g/mol. The molecular formula is C11H15NO2. The number of carbonyl (C=O) groups is 1. The van der Waals surface area contributed by atoms with Crippen LogP contribution in [-0.2, 0) is 4.79 Å². The van der Waals surface area contributed by atoms with Crippen LogP contribution >= 0.6 is 0 Å². The van der Waals surface area contributed by atoms with Gasteiger partial charge < -0.3 is 10.1 Å². The smallest absolute Gasteiger partial charge is 0.325 e. The number of para-hydroxylation sites is 1. The van der Waals surface area contributed by atoms with E-state index in [1.807, 2.05) is 18.2 Å². The summed E-state index contributed by atoms with van der Waals surface area (Å²) in [7, 11) is 0. The van der Waals surface area contributed by atoms with Crippen LogP contribution in [0.2, 0.25) is 0 Å². The summed E-state index contributed by atoms with van der Waals surface area (Å²) in [5, 5.41) is 2.98. The van der Waals surface area contributed by atoms with Crippen molar-refractivity contribution in [2.24, 2.45) is 0 Å². The second-order valence-electron chi connectivity index (χ2n) is 2.96. The first kappa shape index (κ1) is 10.7. The fourth-order valence-electron chi connectivity index (χ4n) is 1.02. The quantitative estimate of drug-likeness (QED) is 0.438. The molecule has 0 atom stereocenters. The van der Waals surface area contributed by atoms with Gasteiger partial charge in [0.1, 0.15) is 5.75 Å². The van der Waals surface area contributed by atoms with E-state index in [4.69, 9.17) is 4.74 Å². The van der Waals surface area contributed by atoms with Crippen molar-refractivity contribution in [1.29, 1.82) is 0 Å². The molecule has 0 heterocycles. The van der Waals surface area contributed by atoms with Crippen LogP contribution < -0.4 is 10.1 Å². The average molecular weight is 193 g/mol. The van der Waals surface area contributed by atoms with E-state index in [0.29, 0.717) is 5.75 Å². The van der Waals surface area contributed by atoms with Gasteiger partial charge in [0.15, 0.2) is 0 Å². The van der Waals surface area contributed by atoms with E-state index in [1.54, 1.807) is 12.1 Å². The van der Waals surface area contributed by atoms with E-state index in [-0.39, 0.29) is 12.5 Å². The zero-order valence-corrected chi connectivity index (χ0v) is 8.32. The summed E-state index contributed by atoms with van der Waals surface area (Å²) in [6, 6.07) is 9.08. The monoisotopic (exact) mass is 193 g/mol. The van der Waals surface area contributed by atoms with Crippen molar-refractivity contribution < 1.29 is 9.53 Å². The Hall–Kier alpha value is -1.35. The first-order valence-electron chi connectivity index (χ1n) is 4.79. The minimum absolute atomic E-state index is 0.246. The highest BCUT2D eigenvalue weighted by Gasteiger charge is 2.02. The molecule has 0 saturated heterocycles. The average Bonchev–Trinajstić information content (AvgIpc) is 2.20. The zero-order chi connectivity index (χ0) is 10.2. The van der Waals surface area contributed by atoms with Crippen molar-refractivity contribution in [2.45, 2.75) is 13.3 Å². The second kappa shape index (κ2) is 6.16. The molecule has 0 unspecified atom stereocenters. The molecule has 3 heteroatoms. The molecule has 0 aromatic heterocycles. The Morgan fingerprint density at radius 1 is 1.36 bits per heavy atom. The fourth-order valence-corrected chi connectivity index (χ4v) is 1.02. The summed E-state index contributed by atoms with van der Waals surface area (Å²) >= 11 is 0. The second-order valence-corrected chi connectivity index (χ2v) is 2.96. The minimum Gasteiger partial charge on any atom is -0.426 e. The van der Waals surface area contributed by atoms with Gasteiger partial charge in [-0.15, -0.1) is 0 Å². The summed E-state index contributed by atoms with van der Waals surface area (Å²) in [5.41, 5.74) is 0. The Kier molecular flexibility index (Phi) is 4.72. The lowest BCUT2D eigenvalue weighted by Gasteiger charge is -2.04. The van der Waals surface area contributed by atoms with E-state index in [2.05, 4.69) is 12.2 Å². The van der Waals surface area contributed by atoms with Gasteiger partial charge in [0.25, 0.3) is 0 Å². The van der Waals surface area contributed by atoms with Crippen LogP contribution in [0.4, 0.5) is 0 Å². The van der Waals surface area contributed by atoms with Crippen molar-refractivity contribution in [3.05, 3.63) is 30.3 Å². The minimum atomic E-state index is -0.246. The molecule has 0 aliphatic heterocycles. The van der Waals surface area contributed by atoms with Gasteiger partial charge in [-0.25, -0.2) is 0 Å². The van der Waals surface area contributed by atoms with Crippen LogP contribution in [0.25, 0.3) is 0 Å². The molecule has 0 aliphatic rings. The van der Waals surface area contributed by atoms with Crippen molar-refractivity contribution in [2.75, 3.05) is 13.1 Å². The van der Waals surface area contributed by atoms with Crippen LogP contribution in [0.3, 0.4) is 0 Å².